The van der Waals surface area contributed by atoms with Crippen molar-refractivity contribution in [3.8, 4) is 0 Å². The van der Waals surface area contributed by atoms with Crippen molar-refractivity contribution < 1.29 is 5.11 Å². The molecule has 0 saturated carbocycles. The lowest BCUT2D eigenvalue weighted by molar-refractivity contribution is 0.133. The third kappa shape index (κ3) is 2.94. The number of aliphatic hydroxyl groups is 1. The third-order valence-corrected chi connectivity index (χ3v) is 2.51. The van der Waals surface area contributed by atoms with E-state index < -0.39 is 6.10 Å². The van der Waals surface area contributed by atoms with E-state index >= 15 is 0 Å². The van der Waals surface area contributed by atoms with Crippen LogP contribution in [0.15, 0.2) is 23.3 Å². The Morgan fingerprint density at radius 2 is 2.29 bits per heavy atom. The first-order chi connectivity index (χ1) is 6.67. The molecule has 0 aromatic heterocycles. The first-order valence-electron chi connectivity index (χ1n) is 5.09. The standard InChI is InChI=1S/C11H20N2O/c1-3-4-10-7-13(6-9(10)2)8-11(14)5-12/h3-4,11,14H,5-8,12H2,1-2H3. The fourth-order valence-electron chi connectivity index (χ4n) is 1.77. The molecule has 0 fully saturated rings. The van der Waals surface area contributed by atoms with Crippen LogP contribution in [0.2, 0.25) is 0 Å². The summed E-state index contributed by atoms with van der Waals surface area (Å²) in [6.07, 6.45) is 3.80. The number of nitrogens with two attached hydrogens (primary N) is 1. The van der Waals surface area contributed by atoms with Crippen molar-refractivity contribution in [3.05, 3.63) is 23.3 Å². The second-order valence-electron chi connectivity index (χ2n) is 3.86. The van der Waals surface area contributed by atoms with E-state index in [1.807, 2.05) is 6.92 Å². The maximum Gasteiger partial charge on any atom is 0.0789 e. The lowest BCUT2D eigenvalue weighted by Gasteiger charge is -2.18. The zero-order valence-corrected chi connectivity index (χ0v) is 9.03. The summed E-state index contributed by atoms with van der Waals surface area (Å²) in [4.78, 5) is 2.22. The van der Waals surface area contributed by atoms with E-state index in [1.165, 1.54) is 11.1 Å². The van der Waals surface area contributed by atoms with Crippen LogP contribution in [-0.4, -0.2) is 42.3 Å². The molecule has 3 N–H and O–H groups in total. The summed E-state index contributed by atoms with van der Waals surface area (Å²) in [7, 11) is 0. The molecule has 0 bridgehead atoms. The molecular weight excluding hydrogens is 176 g/mol. The Kier molecular flexibility index (Phi) is 4.32. The smallest absolute Gasteiger partial charge is 0.0789 e. The quantitative estimate of drug-likeness (QED) is 0.689. The third-order valence-electron chi connectivity index (χ3n) is 2.51. The molecule has 3 nitrogen and oxygen atoms in total. The molecule has 80 valence electrons. The molecule has 0 radical (unpaired) electrons. The van der Waals surface area contributed by atoms with Gasteiger partial charge in [0.2, 0.25) is 0 Å². The predicted octanol–water partition coefficient (Wildman–Crippen LogP) is 0.514. The average Bonchev–Trinajstić information content (AvgIpc) is 2.47. The molecule has 0 aromatic rings. The number of hydrogen-bond donors (Lipinski definition) is 2. The molecule has 1 aliphatic heterocycles. The SMILES string of the molecule is CC=CC1=C(C)CN(CC(O)CN)C1. The van der Waals surface area contributed by atoms with Gasteiger partial charge in [-0.05, 0) is 19.4 Å². The second-order valence-corrected chi connectivity index (χ2v) is 3.86. The van der Waals surface area contributed by atoms with Gasteiger partial charge in [-0.15, -0.1) is 0 Å². The van der Waals surface area contributed by atoms with Crippen LogP contribution in [0.5, 0.6) is 0 Å². The lowest BCUT2D eigenvalue weighted by atomic mass is 10.2. The van der Waals surface area contributed by atoms with Crippen molar-refractivity contribution in [2.24, 2.45) is 5.73 Å². The van der Waals surface area contributed by atoms with E-state index in [1.54, 1.807) is 0 Å². The molecule has 0 aliphatic carbocycles. The van der Waals surface area contributed by atoms with Crippen molar-refractivity contribution in [1.29, 1.82) is 0 Å². The zero-order valence-electron chi connectivity index (χ0n) is 9.03. The number of rotatable bonds is 4. The highest BCUT2D eigenvalue weighted by Crippen LogP contribution is 2.17. The minimum absolute atomic E-state index is 0.342. The summed E-state index contributed by atoms with van der Waals surface area (Å²) in [5.74, 6) is 0. The van der Waals surface area contributed by atoms with Gasteiger partial charge in [0.15, 0.2) is 0 Å². The van der Waals surface area contributed by atoms with Gasteiger partial charge in [0.1, 0.15) is 0 Å². The Labute approximate surface area is 85.9 Å². The van der Waals surface area contributed by atoms with Gasteiger partial charge in [-0.25, -0.2) is 0 Å². The van der Waals surface area contributed by atoms with Crippen LogP contribution in [0.25, 0.3) is 0 Å². The normalized spacial score (nSPS) is 21.1. The van der Waals surface area contributed by atoms with E-state index in [4.69, 9.17) is 5.73 Å². The molecule has 1 rings (SSSR count). The minimum Gasteiger partial charge on any atom is -0.390 e. The first kappa shape index (κ1) is 11.4. The number of β-amino-alcohol motifs (C(OH)–C–C–N with tert-alkyl or cyclic N) is 1. The highest BCUT2D eigenvalue weighted by Gasteiger charge is 2.18. The fraction of sp³-hybridized carbons (Fsp3) is 0.636. The van der Waals surface area contributed by atoms with Crippen LogP contribution >= 0.6 is 0 Å². The summed E-state index contributed by atoms with van der Waals surface area (Å²) in [5.41, 5.74) is 8.14. The van der Waals surface area contributed by atoms with Crippen molar-refractivity contribution in [3.63, 3.8) is 0 Å². The largest absolute Gasteiger partial charge is 0.390 e. The van der Waals surface area contributed by atoms with Gasteiger partial charge in [-0.3, -0.25) is 4.90 Å². The van der Waals surface area contributed by atoms with Gasteiger partial charge in [0, 0.05) is 26.2 Å². The van der Waals surface area contributed by atoms with E-state index in [9.17, 15) is 5.11 Å². The predicted molar refractivity (Wildman–Crippen MR) is 59.0 cm³/mol. The highest BCUT2D eigenvalue weighted by atomic mass is 16.3. The van der Waals surface area contributed by atoms with Gasteiger partial charge < -0.3 is 10.8 Å². The molecule has 0 amide bonds. The number of hydrogen-bond acceptors (Lipinski definition) is 3. The summed E-state index contributed by atoms with van der Waals surface area (Å²) in [6.45, 7) is 7.08. The van der Waals surface area contributed by atoms with Crippen LogP contribution in [0.1, 0.15) is 13.8 Å². The number of allylic oxidation sites excluding steroid dienone is 1. The van der Waals surface area contributed by atoms with E-state index in [0.29, 0.717) is 13.1 Å². The Hall–Kier alpha value is -0.640. The molecule has 1 unspecified atom stereocenters. The molecular formula is C11H20N2O. The fourth-order valence-corrected chi connectivity index (χ4v) is 1.77. The molecule has 0 aromatic carbocycles. The molecule has 0 spiro atoms. The molecule has 1 atom stereocenters. The summed E-state index contributed by atoms with van der Waals surface area (Å²) in [5, 5.41) is 9.42. The second kappa shape index (κ2) is 5.29. The first-order valence-corrected chi connectivity index (χ1v) is 5.09. The number of nitrogens with zero attached hydrogens (tertiary/aromatic N) is 1. The summed E-state index contributed by atoms with van der Waals surface area (Å²) in [6, 6.07) is 0. The minimum atomic E-state index is -0.396. The molecule has 0 saturated heterocycles. The van der Waals surface area contributed by atoms with Crippen LogP contribution in [0.4, 0.5) is 0 Å². The summed E-state index contributed by atoms with van der Waals surface area (Å²) < 4.78 is 0. The Bertz CT molecular complexity index is 246. The van der Waals surface area contributed by atoms with Crippen molar-refractivity contribution in [1.82, 2.24) is 4.90 Å². The maximum absolute atomic E-state index is 9.42. The lowest BCUT2D eigenvalue weighted by Crippen LogP contribution is -2.35. The van der Waals surface area contributed by atoms with Gasteiger partial charge in [-0.2, -0.15) is 0 Å². The Morgan fingerprint density at radius 3 is 2.86 bits per heavy atom. The van der Waals surface area contributed by atoms with E-state index in [2.05, 4.69) is 24.0 Å². The summed E-state index contributed by atoms with van der Waals surface area (Å²) >= 11 is 0. The molecule has 1 heterocycles. The topological polar surface area (TPSA) is 49.5 Å². The maximum atomic E-state index is 9.42. The van der Waals surface area contributed by atoms with Gasteiger partial charge in [-0.1, -0.05) is 17.7 Å². The van der Waals surface area contributed by atoms with Crippen molar-refractivity contribution in [2.45, 2.75) is 20.0 Å². The van der Waals surface area contributed by atoms with Crippen LogP contribution < -0.4 is 5.73 Å². The van der Waals surface area contributed by atoms with Crippen LogP contribution in [-0.2, 0) is 0 Å². The van der Waals surface area contributed by atoms with Crippen LogP contribution in [0, 0.1) is 0 Å². The van der Waals surface area contributed by atoms with Gasteiger partial charge in [0.05, 0.1) is 6.10 Å². The Morgan fingerprint density at radius 1 is 1.57 bits per heavy atom. The molecule has 14 heavy (non-hydrogen) atoms. The van der Waals surface area contributed by atoms with Gasteiger partial charge in [0.25, 0.3) is 0 Å². The zero-order chi connectivity index (χ0) is 10.6. The Balaban J connectivity index is 2.44. The van der Waals surface area contributed by atoms with E-state index in [0.717, 1.165) is 13.1 Å². The highest BCUT2D eigenvalue weighted by molar-refractivity contribution is 5.30. The number of aliphatic hydroxyl groups excluding tert-OH is 1. The van der Waals surface area contributed by atoms with Crippen LogP contribution in [0.3, 0.4) is 0 Å². The molecule has 1 aliphatic rings. The van der Waals surface area contributed by atoms with Gasteiger partial charge >= 0.3 is 0 Å². The van der Waals surface area contributed by atoms with Crippen molar-refractivity contribution in [2.75, 3.05) is 26.2 Å². The molecule has 3 heteroatoms. The average molecular weight is 196 g/mol. The monoisotopic (exact) mass is 196 g/mol. The van der Waals surface area contributed by atoms with E-state index in [-0.39, 0.29) is 0 Å². The van der Waals surface area contributed by atoms with Crippen molar-refractivity contribution >= 4 is 0 Å².